The van der Waals surface area contributed by atoms with Crippen LogP contribution in [0.2, 0.25) is 5.02 Å². The Hall–Kier alpha value is -0.640. The van der Waals surface area contributed by atoms with E-state index >= 15 is 0 Å². The van der Waals surface area contributed by atoms with E-state index in [9.17, 15) is 0 Å². The standard InChI is InChI=1S/C15H22ClN3/c16-14-11-18-6-5-13(14)15(12-3-1-2-4-12)19-9-7-17-8-10-19/h5-6,11-12,15,17H,1-4,7-10H2/t15-/m1/s1. The Morgan fingerprint density at radius 3 is 2.68 bits per heavy atom. The maximum absolute atomic E-state index is 6.41. The molecule has 0 aromatic carbocycles. The molecule has 1 aliphatic carbocycles. The summed E-state index contributed by atoms with van der Waals surface area (Å²) >= 11 is 6.41. The Labute approximate surface area is 120 Å². The van der Waals surface area contributed by atoms with E-state index in [-0.39, 0.29) is 0 Å². The van der Waals surface area contributed by atoms with Crippen LogP contribution in [0.1, 0.15) is 37.3 Å². The van der Waals surface area contributed by atoms with Gasteiger partial charge in [0.1, 0.15) is 0 Å². The monoisotopic (exact) mass is 279 g/mol. The average molecular weight is 280 g/mol. The summed E-state index contributed by atoms with van der Waals surface area (Å²) in [6.45, 7) is 4.43. The van der Waals surface area contributed by atoms with Gasteiger partial charge in [0.05, 0.1) is 5.02 Å². The summed E-state index contributed by atoms with van der Waals surface area (Å²) in [5.41, 5.74) is 1.28. The van der Waals surface area contributed by atoms with Crippen molar-refractivity contribution in [2.45, 2.75) is 31.7 Å². The quantitative estimate of drug-likeness (QED) is 0.922. The summed E-state index contributed by atoms with van der Waals surface area (Å²) in [4.78, 5) is 6.76. The highest BCUT2D eigenvalue weighted by Crippen LogP contribution is 2.41. The molecule has 1 aromatic heterocycles. The molecule has 1 N–H and O–H groups in total. The molecule has 1 aliphatic heterocycles. The summed E-state index contributed by atoms with van der Waals surface area (Å²) in [5.74, 6) is 0.762. The minimum atomic E-state index is 0.486. The van der Waals surface area contributed by atoms with Gasteiger partial charge in [0.25, 0.3) is 0 Å². The normalized spacial score (nSPS) is 23.6. The van der Waals surface area contributed by atoms with Gasteiger partial charge in [0.15, 0.2) is 0 Å². The van der Waals surface area contributed by atoms with E-state index in [2.05, 4.69) is 21.3 Å². The molecule has 1 saturated carbocycles. The molecule has 0 amide bonds. The van der Waals surface area contributed by atoms with Crippen molar-refractivity contribution < 1.29 is 0 Å². The fourth-order valence-electron chi connectivity index (χ4n) is 3.61. The van der Waals surface area contributed by atoms with Crippen LogP contribution < -0.4 is 5.32 Å². The van der Waals surface area contributed by atoms with E-state index < -0.39 is 0 Å². The van der Waals surface area contributed by atoms with Crippen molar-refractivity contribution in [3.8, 4) is 0 Å². The van der Waals surface area contributed by atoms with Gasteiger partial charge >= 0.3 is 0 Å². The average Bonchev–Trinajstić information content (AvgIpc) is 2.96. The molecule has 3 nitrogen and oxygen atoms in total. The molecule has 0 bridgehead atoms. The van der Waals surface area contributed by atoms with Gasteiger partial charge in [0, 0.05) is 44.6 Å². The van der Waals surface area contributed by atoms with Crippen molar-refractivity contribution in [2.24, 2.45) is 5.92 Å². The van der Waals surface area contributed by atoms with Crippen LogP contribution in [-0.2, 0) is 0 Å². The first-order chi connectivity index (χ1) is 9.36. The first kappa shape index (κ1) is 13.3. The van der Waals surface area contributed by atoms with Crippen molar-refractivity contribution in [1.82, 2.24) is 15.2 Å². The molecule has 3 rings (SSSR count). The number of hydrogen-bond acceptors (Lipinski definition) is 3. The third-order valence-corrected chi connectivity index (χ3v) is 4.83. The van der Waals surface area contributed by atoms with Gasteiger partial charge in [-0.3, -0.25) is 9.88 Å². The second-order valence-electron chi connectivity index (χ2n) is 5.67. The molecule has 0 spiro atoms. The molecule has 1 saturated heterocycles. The second kappa shape index (κ2) is 6.21. The van der Waals surface area contributed by atoms with Gasteiger partial charge in [-0.1, -0.05) is 24.4 Å². The molecule has 2 heterocycles. The number of nitrogens with zero attached hydrogens (tertiary/aromatic N) is 2. The summed E-state index contributed by atoms with van der Waals surface area (Å²) < 4.78 is 0. The highest BCUT2D eigenvalue weighted by Gasteiger charge is 2.32. The number of rotatable bonds is 3. The van der Waals surface area contributed by atoms with Crippen molar-refractivity contribution in [3.05, 3.63) is 29.0 Å². The summed E-state index contributed by atoms with van der Waals surface area (Å²) in [6, 6.07) is 2.60. The van der Waals surface area contributed by atoms with Crippen LogP contribution in [0.5, 0.6) is 0 Å². The number of aromatic nitrogens is 1. The zero-order valence-corrected chi connectivity index (χ0v) is 12.1. The highest BCUT2D eigenvalue weighted by atomic mass is 35.5. The Balaban J connectivity index is 1.88. The molecule has 0 unspecified atom stereocenters. The number of hydrogen-bond donors (Lipinski definition) is 1. The topological polar surface area (TPSA) is 28.2 Å². The second-order valence-corrected chi connectivity index (χ2v) is 6.08. The predicted molar refractivity (Wildman–Crippen MR) is 78.4 cm³/mol. The van der Waals surface area contributed by atoms with Crippen molar-refractivity contribution in [3.63, 3.8) is 0 Å². The molecule has 19 heavy (non-hydrogen) atoms. The van der Waals surface area contributed by atoms with Crippen molar-refractivity contribution in [2.75, 3.05) is 26.2 Å². The Kier molecular flexibility index (Phi) is 4.36. The molecule has 0 radical (unpaired) electrons. The third kappa shape index (κ3) is 2.93. The molecule has 1 atom stereocenters. The third-order valence-electron chi connectivity index (χ3n) is 4.51. The SMILES string of the molecule is Clc1cnccc1[C@@H](C1CCCC1)N1CCNCC1. The van der Waals surface area contributed by atoms with Crippen molar-refractivity contribution >= 4 is 11.6 Å². The van der Waals surface area contributed by atoms with Crippen LogP contribution in [0.3, 0.4) is 0 Å². The molecule has 104 valence electrons. The number of piperazine rings is 1. The lowest BCUT2D eigenvalue weighted by atomic mass is 9.90. The molecule has 4 heteroatoms. The fourth-order valence-corrected chi connectivity index (χ4v) is 3.84. The molecular formula is C15H22ClN3. The number of halogens is 1. The minimum absolute atomic E-state index is 0.486. The van der Waals surface area contributed by atoms with E-state index in [1.54, 1.807) is 6.20 Å². The predicted octanol–water partition coefficient (Wildman–Crippen LogP) is 2.87. The van der Waals surface area contributed by atoms with E-state index in [4.69, 9.17) is 11.6 Å². The van der Waals surface area contributed by atoms with Gasteiger partial charge in [-0.2, -0.15) is 0 Å². The van der Waals surface area contributed by atoms with Crippen LogP contribution in [0.15, 0.2) is 18.5 Å². The van der Waals surface area contributed by atoms with Gasteiger partial charge in [-0.05, 0) is 30.4 Å². The molecular weight excluding hydrogens is 258 g/mol. The summed E-state index contributed by atoms with van der Waals surface area (Å²) in [7, 11) is 0. The van der Waals surface area contributed by atoms with Crippen LogP contribution >= 0.6 is 11.6 Å². The molecule has 2 fully saturated rings. The Bertz CT molecular complexity index is 412. The Morgan fingerprint density at radius 1 is 1.26 bits per heavy atom. The minimum Gasteiger partial charge on any atom is -0.314 e. The van der Waals surface area contributed by atoms with Crippen molar-refractivity contribution in [1.29, 1.82) is 0 Å². The Morgan fingerprint density at radius 2 is 2.00 bits per heavy atom. The lowest BCUT2D eigenvalue weighted by molar-refractivity contribution is 0.125. The molecule has 2 aliphatic rings. The van der Waals surface area contributed by atoms with Crippen LogP contribution in [-0.4, -0.2) is 36.1 Å². The maximum Gasteiger partial charge on any atom is 0.0637 e. The van der Waals surface area contributed by atoms with Gasteiger partial charge < -0.3 is 5.32 Å². The van der Waals surface area contributed by atoms with E-state index in [1.807, 2.05) is 6.20 Å². The maximum atomic E-state index is 6.41. The lowest BCUT2D eigenvalue weighted by Gasteiger charge is -2.39. The lowest BCUT2D eigenvalue weighted by Crippen LogP contribution is -2.46. The van der Waals surface area contributed by atoms with E-state index in [0.29, 0.717) is 6.04 Å². The molecule has 1 aromatic rings. The fraction of sp³-hybridized carbons (Fsp3) is 0.667. The van der Waals surface area contributed by atoms with Crippen LogP contribution in [0.4, 0.5) is 0 Å². The van der Waals surface area contributed by atoms with Gasteiger partial charge in [-0.15, -0.1) is 0 Å². The zero-order valence-electron chi connectivity index (χ0n) is 11.3. The number of nitrogens with one attached hydrogen (secondary N) is 1. The first-order valence-corrected chi connectivity index (χ1v) is 7.78. The largest absolute Gasteiger partial charge is 0.314 e. The van der Waals surface area contributed by atoms with E-state index in [1.165, 1.54) is 31.2 Å². The number of pyridine rings is 1. The van der Waals surface area contributed by atoms with Crippen LogP contribution in [0.25, 0.3) is 0 Å². The van der Waals surface area contributed by atoms with Gasteiger partial charge in [0.2, 0.25) is 0 Å². The van der Waals surface area contributed by atoms with E-state index in [0.717, 1.165) is 37.1 Å². The first-order valence-electron chi connectivity index (χ1n) is 7.40. The summed E-state index contributed by atoms with van der Waals surface area (Å²) in [5, 5.41) is 4.27. The smallest absolute Gasteiger partial charge is 0.0637 e. The van der Waals surface area contributed by atoms with Crippen LogP contribution in [0, 0.1) is 5.92 Å². The highest BCUT2D eigenvalue weighted by molar-refractivity contribution is 6.31. The summed E-state index contributed by atoms with van der Waals surface area (Å²) in [6.07, 6.45) is 9.10. The van der Waals surface area contributed by atoms with Gasteiger partial charge in [-0.25, -0.2) is 0 Å². The zero-order chi connectivity index (χ0) is 13.1.